The number of rotatable bonds is 5. The highest BCUT2D eigenvalue weighted by Crippen LogP contribution is 2.31. The van der Waals surface area contributed by atoms with Crippen LogP contribution in [0.1, 0.15) is 11.3 Å². The fourth-order valence-electron chi connectivity index (χ4n) is 2.45. The lowest BCUT2D eigenvalue weighted by molar-refractivity contribution is 0.352. The topological polar surface area (TPSA) is 60.7 Å². The fourth-order valence-corrected chi connectivity index (χ4v) is 2.45. The number of anilines is 1. The zero-order valence-electron chi connectivity index (χ0n) is 12.8. The first-order valence-electron chi connectivity index (χ1n) is 6.97. The van der Waals surface area contributed by atoms with Crippen LogP contribution in [0.4, 0.5) is 5.82 Å². The van der Waals surface area contributed by atoms with Crippen LogP contribution in [0.2, 0.25) is 0 Å². The monoisotopic (exact) mass is 298 g/mol. The number of benzene rings is 1. The maximum absolute atomic E-state index is 5.44. The molecule has 0 aliphatic rings. The van der Waals surface area contributed by atoms with Crippen LogP contribution in [0.3, 0.4) is 0 Å². The van der Waals surface area contributed by atoms with E-state index in [1.165, 1.54) is 0 Å². The summed E-state index contributed by atoms with van der Waals surface area (Å²) in [4.78, 5) is 4.39. The maximum Gasteiger partial charge on any atom is 0.165 e. The molecule has 3 aromatic rings. The van der Waals surface area contributed by atoms with Crippen LogP contribution in [0.25, 0.3) is 5.52 Å². The van der Waals surface area contributed by atoms with Crippen LogP contribution in [0.5, 0.6) is 11.5 Å². The summed E-state index contributed by atoms with van der Waals surface area (Å²) in [6.45, 7) is 2.54. The molecule has 0 amide bonds. The summed E-state index contributed by atoms with van der Waals surface area (Å²) in [5.74, 6) is 2.23. The van der Waals surface area contributed by atoms with Crippen molar-refractivity contribution in [2.24, 2.45) is 0 Å². The van der Waals surface area contributed by atoms with Gasteiger partial charge >= 0.3 is 0 Å². The van der Waals surface area contributed by atoms with E-state index in [0.29, 0.717) is 12.3 Å². The van der Waals surface area contributed by atoms with Gasteiger partial charge in [-0.1, -0.05) is 12.1 Å². The minimum atomic E-state index is 0.581. The Hall–Kier alpha value is -2.76. The third-order valence-corrected chi connectivity index (χ3v) is 3.44. The Labute approximate surface area is 128 Å². The number of fused-ring (bicyclic) bond motifs is 1. The zero-order chi connectivity index (χ0) is 15.5. The number of methoxy groups -OCH3 is 2. The number of para-hydroxylation sites is 1. The van der Waals surface area contributed by atoms with Gasteiger partial charge in [0.25, 0.3) is 0 Å². The van der Waals surface area contributed by atoms with Gasteiger partial charge in [-0.15, -0.1) is 0 Å². The first-order chi connectivity index (χ1) is 10.7. The lowest BCUT2D eigenvalue weighted by atomic mass is 10.2. The van der Waals surface area contributed by atoms with Gasteiger partial charge in [0.05, 0.1) is 19.9 Å². The normalized spacial score (nSPS) is 10.7. The third kappa shape index (κ3) is 2.55. The molecule has 1 N–H and O–H groups in total. The first kappa shape index (κ1) is 14.2. The zero-order valence-corrected chi connectivity index (χ0v) is 12.8. The molecule has 0 radical (unpaired) electrons. The number of hydrogen-bond donors (Lipinski definition) is 1. The van der Waals surface area contributed by atoms with Crippen LogP contribution in [0.15, 0.2) is 36.7 Å². The SMILES string of the molecule is COc1cccc(CNc2nccn3nc(C)cc23)c1OC. The second-order valence-corrected chi connectivity index (χ2v) is 4.90. The van der Waals surface area contributed by atoms with E-state index >= 15 is 0 Å². The number of aryl methyl sites for hydroxylation is 1. The van der Waals surface area contributed by atoms with Crippen molar-refractivity contribution in [2.45, 2.75) is 13.5 Å². The van der Waals surface area contributed by atoms with E-state index in [0.717, 1.165) is 28.3 Å². The van der Waals surface area contributed by atoms with Crippen LogP contribution < -0.4 is 14.8 Å². The second-order valence-electron chi connectivity index (χ2n) is 4.90. The molecule has 2 aromatic heterocycles. The Balaban J connectivity index is 1.88. The Morgan fingerprint density at radius 3 is 2.86 bits per heavy atom. The lowest BCUT2D eigenvalue weighted by Gasteiger charge is -2.13. The quantitative estimate of drug-likeness (QED) is 0.784. The van der Waals surface area contributed by atoms with Crippen molar-refractivity contribution in [3.05, 3.63) is 47.9 Å². The summed E-state index contributed by atoms with van der Waals surface area (Å²) in [6.07, 6.45) is 3.56. The molecule has 0 saturated carbocycles. The van der Waals surface area contributed by atoms with Gasteiger partial charge in [-0.05, 0) is 19.1 Å². The third-order valence-electron chi connectivity index (χ3n) is 3.44. The predicted octanol–water partition coefficient (Wildman–Crippen LogP) is 2.67. The predicted molar refractivity (Wildman–Crippen MR) is 84.6 cm³/mol. The molecule has 0 atom stereocenters. The standard InChI is InChI=1S/C16H18N4O2/c1-11-9-13-16(17-7-8-20(13)19-11)18-10-12-5-4-6-14(21-2)15(12)22-3/h4-9H,10H2,1-3H3,(H,17,18). The van der Waals surface area contributed by atoms with E-state index in [9.17, 15) is 0 Å². The number of nitrogens with one attached hydrogen (secondary N) is 1. The van der Waals surface area contributed by atoms with Gasteiger partial charge in [0.2, 0.25) is 0 Å². The van der Waals surface area contributed by atoms with Gasteiger partial charge in [-0.2, -0.15) is 5.10 Å². The van der Waals surface area contributed by atoms with Crippen molar-refractivity contribution < 1.29 is 9.47 Å². The van der Waals surface area contributed by atoms with Crippen molar-refractivity contribution in [1.29, 1.82) is 0 Å². The number of hydrogen-bond acceptors (Lipinski definition) is 5. The van der Waals surface area contributed by atoms with Crippen molar-refractivity contribution in [2.75, 3.05) is 19.5 Å². The van der Waals surface area contributed by atoms with E-state index in [1.807, 2.05) is 41.9 Å². The molecule has 1 aromatic carbocycles. The van der Waals surface area contributed by atoms with E-state index in [2.05, 4.69) is 15.4 Å². The van der Waals surface area contributed by atoms with Crippen molar-refractivity contribution >= 4 is 11.3 Å². The summed E-state index contributed by atoms with van der Waals surface area (Å²) in [5, 5.41) is 7.72. The van der Waals surface area contributed by atoms with Crippen molar-refractivity contribution in [3.63, 3.8) is 0 Å². The van der Waals surface area contributed by atoms with Gasteiger partial charge in [-0.3, -0.25) is 0 Å². The summed E-state index contributed by atoms with van der Waals surface area (Å²) in [5.41, 5.74) is 2.90. The Morgan fingerprint density at radius 2 is 2.09 bits per heavy atom. The maximum atomic E-state index is 5.44. The van der Waals surface area contributed by atoms with Crippen molar-refractivity contribution in [3.8, 4) is 11.5 Å². The van der Waals surface area contributed by atoms with E-state index < -0.39 is 0 Å². The van der Waals surface area contributed by atoms with Gasteiger partial charge in [0, 0.05) is 24.5 Å². The molecule has 0 spiro atoms. The minimum absolute atomic E-state index is 0.581. The molecule has 6 heteroatoms. The molecule has 0 bridgehead atoms. The Morgan fingerprint density at radius 1 is 1.23 bits per heavy atom. The van der Waals surface area contributed by atoms with Crippen LogP contribution in [-0.2, 0) is 6.54 Å². The molecule has 2 heterocycles. The highest BCUT2D eigenvalue weighted by atomic mass is 16.5. The first-order valence-corrected chi connectivity index (χ1v) is 6.97. The second kappa shape index (κ2) is 5.93. The molecule has 22 heavy (non-hydrogen) atoms. The van der Waals surface area contributed by atoms with Gasteiger partial charge in [-0.25, -0.2) is 9.50 Å². The Bertz CT molecular complexity index is 798. The molecule has 0 aliphatic heterocycles. The number of aromatic nitrogens is 3. The van der Waals surface area contributed by atoms with Gasteiger partial charge in [0.15, 0.2) is 17.3 Å². The number of nitrogens with zero attached hydrogens (tertiary/aromatic N) is 3. The van der Waals surface area contributed by atoms with Crippen LogP contribution >= 0.6 is 0 Å². The molecule has 3 rings (SSSR count). The summed E-state index contributed by atoms with van der Waals surface area (Å²) in [7, 11) is 3.27. The molecular formula is C16H18N4O2. The largest absolute Gasteiger partial charge is 0.493 e. The molecule has 0 unspecified atom stereocenters. The molecule has 6 nitrogen and oxygen atoms in total. The van der Waals surface area contributed by atoms with E-state index in [1.54, 1.807) is 20.4 Å². The Kier molecular flexibility index (Phi) is 3.82. The highest BCUT2D eigenvalue weighted by Gasteiger charge is 2.10. The summed E-state index contributed by atoms with van der Waals surface area (Å²) >= 11 is 0. The van der Waals surface area contributed by atoms with Crippen LogP contribution in [0, 0.1) is 6.92 Å². The molecule has 0 aliphatic carbocycles. The summed E-state index contributed by atoms with van der Waals surface area (Å²) in [6, 6.07) is 7.81. The van der Waals surface area contributed by atoms with E-state index in [4.69, 9.17) is 9.47 Å². The van der Waals surface area contributed by atoms with Crippen LogP contribution in [-0.4, -0.2) is 28.8 Å². The fraction of sp³-hybridized carbons (Fsp3) is 0.250. The molecule has 0 fully saturated rings. The van der Waals surface area contributed by atoms with Gasteiger partial charge < -0.3 is 14.8 Å². The molecular weight excluding hydrogens is 280 g/mol. The average Bonchev–Trinajstić information content (AvgIpc) is 2.93. The van der Waals surface area contributed by atoms with E-state index in [-0.39, 0.29) is 0 Å². The summed E-state index contributed by atoms with van der Waals surface area (Å²) < 4.78 is 12.6. The molecule has 0 saturated heterocycles. The van der Waals surface area contributed by atoms with Crippen molar-refractivity contribution in [1.82, 2.24) is 14.6 Å². The average molecular weight is 298 g/mol. The minimum Gasteiger partial charge on any atom is -0.493 e. The number of ether oxygens (including phenoxy) is 2. The lowest BCUT2D eigenvalue weighted by Crippen LogP contribution is -2.05. The molecule has 114 valence electrons. The smallest absolute Gasteiger partial charge is 0.165 e. The highest BCUT2D eigenvalue weighted by molar-refractivity contribution is 5.68. The van der Waals surface area contributed by atoms with Gasteiger partial charge in [0.1, 0.15) is 5.52 Å².